The Balaban J connectivity index is 2.00. The summed E-state index contributed by atoms with van der Waals surface area (Å²) in [7, 11) is 0. The molecule has 0 bridgehead atoms. The fraction of sp³-hybridized carbons (Fsp3) is 0.800. The van der Waals surface area contributed by atoms with Gasteiger partial charge in [-0.3, -0.25) is 0 Å². The zero-order chi connectivity index (χ0) is 9.36. The molecule has 0 amide bonds. The molecule has 1 aliphatic heterocycles. The molecule has 0 N–H and O–H groups in total. The quantitative estimate of drug-likeness (QED) is 0.486. The lowest BCUT2D eigenvalue weighted by Gasteiger charge is -2.15. The van der Waals surface area contributed by atoms with Gasteiger partial charge in [0.05, 0.1) is 19.8 Å². The number of hydrogen-bond donors (Lipinski definition) is 0. The van der Waals surface area contributed by atoms with Crippen molar-refractivity contribution in [2.75, 3.05) is 19.8 Å². The summed E-state index contributed by atoms with van der Waals surface area (Å²) in [6.07, 6.45) is 7.36. The van der Waals surface area contributed by atoms with Gasteiger partial charge < -0.3 is 14.2 Å². The molecule has 1 heterocycles. The molecule has 0 aromatic heterocycles. The van der Waals surface area contributed by atoms with Gasteiger partial charge in [0.1, 0.15) is 0 Å². The maximum absolute atomic E-state index is 5.38. The molecule has 1 aliphatic rings. The third-order valence-corrected chi connectivity index (χ3v) is 1.83. The normalized spacial score (nSPS) is 18.8. The topological polar surface area (TPSA) is 27.7 Å². The second kappa shape index (κ2) is 7.06. The highest BCUT2D eigenvalue weighted by Crippen LogP contribution is 2.04. The van der Waals surface area contributed by atoms with E-state index in [0.29, 0.717) is 13.2 Å². The van der Waals surface area contributed by atoms with Crippen molar-refractivity contribution in [3.05, 3.63) is 12.2 Å². The van der Waals surface area contributed by atoms with E-state index in [4.69, 9.17) is 14.2 Å². The van der Waals surface area contributed by atoms with Crippen LogP contribution in [-0.4, -0.2) is 26.3 Å². The molecule has 76 valence electrons. The Bertz CT molecular complexity index is 135. The second-order valence-electron chi connectivity index (χ2n) is 3.00. The molecule has 3 heteroatoms. The summed E-state index contributed by atoms with van der Waals surface area (Å²) in [5.41, 5.74) is 0. The van der Waals surface area contributed by atoms with Crippen LogP contribution in [0.3, 0.4) is 0 Å². The molecule has 0 atom stereocenters. The van der Waals surface area contributed by atoms with Gasteiger partial charge in [-0.2, -0.15) is 0 Å². The number of rotatable bonds is 5. The molecule has 0 unspecified atom stereocenters. The summed E-state index contributed by atoms with van der Waals surface area (Å²) >= 11 is 0. The third-order valence-electron chi connectivity index (χ3n) is 1.83. The first kappa shape index (κ1) is 10.7. The Morgan fingerprint density at radius 1 is 1.23 bits per heavy atom. The Morgan fingerprint density at radius 3 is 2.54 bits per heavy atom. The molecular weight excluding hydrogens is 168 g/mol. The zero-order valence-corrected chi connectivity index (χ0v) is 8.20. The maximum Gasteiger partial charge on any atom is 0.272 e. The van der Waals surface area contributed by atoms with Gasteiger partial charge in [-0.25, -0.2) is 0 Å². The Kier molecular flexibility index (Phi) is 5.81. The molecule has 13 heavy (non-hydrogen) atoms. The van der Waals surface area contributed by atoms with Crippen LogP contribution in [0.1, 0.15) is 26.2 Å². The van der Waals surface area contributed by atoms with E-state index >= 15 is 0 Å². The molecule has 0 aromatic rings. The van der Waals surface area contributed by atoms with Gasteiger partial charge in [-0.05, 0) is 6.42 Å². The van der Waals surface area contributed by atoms with Crippen LogP contribution in [-0.2, 0) is 14.2 Å². The second-order valence-corrected chi connectivity index (χ2v) is 3.00. The van der Waals surface area contributed by atoms with E-state index in [0.717, 1.165) is 13.0 Å². The average Bonchev–Trinajstić information content (AvgIpc) is 2.41. The minimum Gasteiger partial charge on any atom is -0.330 e. The van der Waals surface area contributed by atoms with Crippen molar-refractivity contribution in [3.8, 4) is 0 Å². The van der Waals surface area contributed by atoms with Crippen molar-refractivity contribution in [1.29, 1.82) is 0 Å². The highest BCUT2D eigenvalue weighted by atomic mass is 16.8. The first-order chi connectivity index (χ1) is 6.43. The molecule has 0 saturated carbocycles. The molecule has 0 aromatic carbocycles. The predicted octanol–water partition coefficient (Wildman–Crippen LogP) is 2.08. The smallest absolute Gasteiger partial charge is 0.272 e. The number of hydrogen-bond acceptors (Lipinski definition) is 3. The van der Waals surface area contributed by atoms with Crippen LogP contribution in [0.2, 0.25) is 0 Å². The lowest BCUT2D eigenvalue weighted by Crippen LogP contribution is -2.20. The third kappa shape index (κ3) is 5.03. The molecule has 0 saturated heterocycles. The van der Waals surface area contributed by atoms with Crippen LogP contribution >= 0.6 is 0 Å². The predicted molar refractivity (Wildman–Crippen MR) is 50.3 cm³/mol. The monoisotopic (exact) mass is 186 g/mol. The van der Waals surface area contributed by atoms with E-state index < -0.39 is 6.48 Å². The fourth-order valence-electron chi connectivity index (χ4n) is 1.08. The van der Waals surface area contributed by atoms with Gasteiger partial charge in [0.15, 0.2) is 0 Å². The molecule has 3 nitrogen and oxygen atoms in total. The van der Waals surface area contributed by atoms with Crippen LogP contribution in [0.4, 0.5) is 0 Å². The fourth-order valence-corrected chi connectivity index (χ4v) is 1.08. The van der Waals surface area contributed by atoms with Crippen LogP contribution in [0.15, 0.2) is 12.2 Å². The van der Waals surface area contributed by atoms with Crippen LogP contribution in [0.5, 0.6) is 0 Å². The van der Waals surface area contributed by atoms with E-state index in [1.165, 1.54) is 12.8 Å². The summed E-state index contributed by atoms with van der Waals surface area (Å²) in [5.74, 6) is 0. The van der Waals surface area contributed by atoms with Gasteiger partial charge in [0.2, 0.25) is 0 Å². The minimum absolute atomic E-state index is 0.466. The lowest BCUT2D eigenvalue weighted by atomic mass is 10.3. The van der Waals surface area contributed by atoms with Gasteiger partial charge in [0, 0.05) is 0 Å². The van der Waals surface area contributed by atoms with Crippen molar-refractivity contribution >= 4 is 0 Å². The molecule has 0 aliphatic carbocycles. The number of unbranched alkanes of at least 4 members (excludes halogenated alkanes) is 2. The van der Waals surface area contributed by atoms with E-state index in [2.05, 4.69) is 6.92 Å². The highest BCUT2D eigenvalue weighted by molar-refractivity contribution is 4.82. The van der Waals surface area contributed by atoms with Crippen LogP contribution in [0, 0.1) is 0 Å². The van der Waals surface area contributed by atoms with Crippen LogP contribution < -0.4 is 0 Å². The first-order valence-electron chi connectivity index (χ1n) is 4.93. The van der Waals surface area contributed by atoms with Crippen molar-refractivity contribution in [3.63, 3.8) is 0 Å². The summed E-state index contributed by atoms with van der Waals surface area (Å²) in [4.78, 5) is 0. The largest absolute Gasteiger partial charge is 0.330 e. The molecule has 0 fully saturated rings. The van der Waals surface area contributed by atoms with Crippen molar-refractivity contribution in [2.45, 2.75) is 32.7 Å². The SMILES string of the molecule is CCCCCOC1OCC=CCO1. The van der Waals surface area contributed by atoms with E-state index in [9.17, 15) is 0 Å². The summed E-state index contributed by atoms with van der Waals surface area (Å²) in [5, 5.41) is 0. The Hall–Kier alpha value is -0.380. The standard InChI is InChI=1S/C10H18O3/c1-2-3-4-7-11-10-12-8-5-6-9-13-10/h5-6,10H,2-4,7-9H2,1H3. The van der Waals surface area contributed by atoms with Crippen molar-refractivity contribution < 1.29 is 14.2 Å². The minimum atomic E-state index is -0.466. The summed E-state index contributed by atoms with van der Waals surface area (Å²) in [6.45, 7) is 3.59. The van der Waals surface area contributed by atoms with E-state index in [1.807, 2.05) is 12.2 Å². The molecule has 1 rings (SSSR count). The highest BCUT2D eigenvalue weighted by Gasteiger charge is 2.09. The summed E-state index contributed by atoms with van der Waals surface area (Å²) < 4.78 is 15.9. The first-order valence-corrected chi connectivity index (χ1v) is 4.93. The number of ether oxygens (including phenoxy) is 3. The Morgan fingerprint density at radius 2 is 1.92 bits per heavy atom. The molecule has 0 radical (unpaired) electrons. The van der Waals surface area contributed by atoms with E-state index in [1.54, 1.807) is 0 Å². The average molecular weight is 186 g/mol. The van der Waals surface area contributed by atoms with Crippen LogP contribution in [0.25, 0.3) is 0 Å². The summed E-state index contributed by atoms with van der Waals surface area (Å²) in [6, 6.07) is 0. The van der Waals surface area contributed by atoms with Gasteiger partial charge in [-0.1, -0.05) is 31.9 Å². The van der Waals surface area contributed by atoms with Crippen molar-refractivity contribution in [2.24, 2.45) is 0 Å². The lowest BCUT2D eigenvalue weighted by molar-refractivity contribution is -0.276. The molecular formula is C10H18O3. The van der Waals surface area contributed by atoms with Gasteiger partial charge >= 0.3 is 0 Å². The van der Waals surface area contributed by atoms with Crippen molar-refractivity contribution in [1.82, 2.24) is 0 Å². The van der Waals surface area contributed by atoms with E-state index in [-0.39, 0.29) is 0 Å². The zero-order valence-electron chi connectivity index (χ0n) is 8.20. The Labute approximate surface area is 79.7 Å². The maximum atomic E-state index is 5.38. The molecule has 0 spiro atoms. The van der Waals surface area contributed by atoms with Gasteiger partial charge in [0.25, 0.3) is 6.48 Å². The van der Waals surface area contributed by atoms with Gasteiger partial charge in [-0.15, -0.1) is 0 Å².